The number of thioether (sulfide) groups is 1. The van der Waals surface area contributed by atoms with Crippen LogP contribution in [0, 0.1) is 0 Å². The van der Waals surface area contributed by atoms with E-state index in [1.54, 1.807) is 12.1 Å². The van der Waals surface area contributed by atoms with E-state index in [-0.39, 0.29) is 17.7 Å². The average Bonchev–Trinajstić information content (AvgIpc) is 2.78. The minimum absolute atomic E-state index is 0.191. The molecule has 5 heteroatoms. The van der Waals surface area contributed by atoms with Crippen LogP contribution >= 0.6 is 23.4 Å². The third kappa shape index (κ3) is 3.08. The van der Waals surface area contributed by atoms with Crippen LogP contribution in [0.4, 0.5) is 4.79 Å². The van der Waals surface area contributed by atoms with Crippen LogP contribution in [0.25, 0.3) is 6.08 Å². The molecule has 0 radical (unpaired) electrons. The summed E-state index contributed by atoms with van der Waals surface area (Å²) in [6.07, 6.45) is 1.73. The van der Waals surface area contributed by atoms with Gasteiger partial charge in [0, 0.05) is 5.02 Å². The normalized spacial score (nSPS) is 16.6. The lowest BCUT2D eigenvalue weighted by Gasteiger charge is -2.13. The van der Waals surface area contributed by atoms with E-state index in [2.05, 4.69) is 0 Å². The Kier molecular flexibility index (Phi) is 4.32. The van der Waals surface area contributed by atoms with E-state index in [9.17, 15) is 9.59 Å². The maximum Gasteiger partial charge on any atom is 0.293 e. The first kappa shape index (κ1) is 14.9. The van der Waals surface area contributed by atoms with Crippen LogP contribution in [-0.4, -0.2) is 16.0 Å². The lowest BCUT2D eigenvalue weighted by atomic mass is 10.2. The molecule has 1 saturated heterocycles. The van der Waals surface area contributed by atoms with Crippen molar-refractivity contribution in [3.63, 3.8) is 0 Å². The van der Waals surface area contributed by atoms with Crippen molar-refractivity contribution >= 4 is 40.6 Å². The van der Waals surface area contributed by atoms with Crippen LogP contribution in [0.3, 0.4) is 0 Å². The Morgan fingerprint density at radius 2 is 1.68 bits per heavy atom. The molecular formula is C17H12ClNO2S. The molecule has 1 aliphatic rings. The predicted molar refractivity (Wildman–Crippen MR) is 89.4 cm³/mol. The van der Waals surface area contributed by atoms with E-state index >= 15 is 0 Å². The maximum absolute atomic E-state index is 12.4. The Morgan fingerprint density at radius 3 is 2.41 bits per heavy atom. The van der Waals surface area contributed by atoms with E-state index in [1.165, 1.54) is 4.90 Å². The highest BCUT2D eigenvalue weighted by atomic mass is 35.5. The molecule has 0 N–H and O–H groups in total. The first-order valence-electron chi connectivity index (χ1n) is 6.69. The van der Waals surface area contributed by atoms with E-state index in [0.29, 0.717) is 9.93 Å². The first-order valence-corrected chi connectivity index (χ1v) is 7.88. The number of imide groups is 1. The summed E-state index contributed by atoms with van der Waals surface area (Å²) >= 11 is 7.05. The molecule has 1 heterocycles. The van der Waals surface area contributed by atoms with E-state index < -0.39 is 0 Å². The lowest BCUT2D eigenvalue weighted by Crippen LogP contribution is -2.27. The van der Waals surface area contributed by atoms with Crippen molar-refractivity contribution < 1.29 is 9.59 Å². The van der Waals surface area contributed by atoms with Crippen molar-refractivity contribution in [3.05, 3.63) is 75.7 Å². The number of benzene rings is 2. The van der Waals surface area contributed by atoms with Gasteiger partial charge in [-0.15, -0.1) is 0 Å². The molecular weight excluding hydrogens is 318 g/mol. The van der Waals surface area contributed by atoms with Crippen LogP contribution in [0.5, 0.6) is 0 Å². The summed E-state index contributed by atoms with van der Waals surface area (Å²) in [6.45, 7) is 0.191. The molecule has 0 aliphatic carbocycles. The van der Waals surface area contributed by atoms with E-state index in [1.807, 2.05) is 48.5 Å². The monoisotopic (exact) mass is 329 g/mol. The van der Waals surface area contributed by atoms with E-state index in [4.69, 9.17) is 11.6 Å². The quantitative estimate of drug-likeness (QED) is 0.774. The van der Waals surface area contributed by atoms with Crippen LogP contribution < -0.4 is 0 Å². The maximum atomic E-state index is 12.4. The standard InChI is InChI=1S/C17H12ClNO2S/c18-14-9-5-4-8-13(14)11-19-16(20)15(22-17(19)21)10-12-6-2-1-3-7-12/h1-10H,11H2/b15-10+. The number of hydrogen-bond acceptors (Lipinski definition) is 3. The SMILES string of the molecule is O=C1S/C(=C/c2ccccc2)C(=O)N1Cc1ccccc1Cl. The number of carbonyl (C=O) groups is 2. The zero-order valence-corrected chi connectivity index (χ0v) is 13.1. The van der Waals surface area contributed by atoms with Crippen LogP contribution in [0.2, 0.25) is 5.02 Å². The van der Waals surface area contributed by atoms with Crippen molar-refractivity contribution in [1.82, 2.24) is 4.90 Å². The summed E-state index contributed by atoms with van der Waals surface area (Å²) in [5, 5.41) is 0.278. The van der Waals surface area contributed by atoms with Gasteiger partial charge < -0.3 is 0 Å². The van der Waals surface area contributed by atoms with Gasteiger partial charge in [-0.25, -0.2) is 0 Å². The Hall–Kier alpha value is -2.04. The molecule has 0 bridgehead atoms. The minimum atomic E-state index is -0.279. The molecule has 2 aromatic carbocycles. The fraction of sp³-hybridized carbons (Fsp3) is 0.0588. The van der Waals surface area contributed by atoms with Crippen molar-refractivity contribution in [2.45, 2.75) is 6.54 Å². The Balaban J connectivity index is 1.83. The van der Waals surface area contributed by atoms with Gasteiger partial charge in [0.05, 0.1) is 11.4 Å². The lowest BCUT2D eigenvalue weighted by molar-refractivity contribution is -0.123. The molecule has 0 aromatic heterocycles. The highest BCUT2D eigenvalue weighted by molar-refractivity contribution is 8.18. The highest BCUT2D eigenvalue weighted by Gasteiger charge is 2.35. The fourth-order valence-electron chi connectivity index (χ4n) is 2.13. The zero-order valence-electron chi connectivity index (χ0n) is 11.5. The molecule has 3 nitrogen and oxygen atoms in total. The van der Waals surface area contributed by atoms with Crippen LogP contribution in [-0.2, 0) is 11.3 Å². The van der Waals surface area contributed by atoms with Gasteiger partial charge in [-0.05, 0) is 35.0 Å². The molecule has 2 amide bonds. The van der Waals surface area contributed by atoms with Crippen LogP contribution in [0.1, 0.15) is 11.1 Å². The third-order valence-corrected chi connectivity index (χ3v) is 4.53. The number of rotatable bonds is 3. The Morgan fingerprint density at radius 1 is 1.00 bits per heavy atom. The average molecular weight is 330 g/mol. The highest BCUT2D eigenvalue weighted by Crippen LogP contribution is 2.34. The van der Waals surface area contributed by atoms with Crippen LogP contribution in [0.15, 0.2) is 59.5 Å². The second kappa shape index (κ2) is 6.38. The first-order chi connectivity index (χ1) is 10.6. The van der Waals surface area contributed by atoms with Gasteiger partial charge in [-0.3, -0.25) is 14.5 Å². The van der Waals surface area contributed by atoms with Crippen molar-refractivity contribution in [2.24, 2.45) is 0 Å². The third-order valence-electron chi connectivity index (χ3n) is 3.26. The van der Waals surface area contributed by atoms with Crippen molar-refractivity contribution in [1.29, 1.82) is 0 Å². The van der Waals surface area contributed by atoms with Gasteiger partial charge in [0.1, 0.15) is 0 Å². The topological polar surface area (TPSA) is 37.4 Å². The number of amides is 2. The molecule has 0 unspecified atom stereocenters. The Labute approximate surface area is 137 Å². The number of halogens is 1. The largest absolute Gasteiger partial charge is 0.293 e. The second-order valence-electron chi connectivity index (χ2n) is 4.77. The van der Waals surface area contributed by atoms with Gasteiger partial charge in [-0.2, -0.15) is 0 Å². The smallest absolute Gasteiger partial charge is 0.268 e. The number of nitrogens with zero attached hydrogens (tertiary/aromatic N) is 1. The zero-order chi connectivity index (χ0) is 15.5. The molecule has 3 rings (SSSR count). The summed E-state index contributed by atoms with van der Waals surface area (Å²) in [5.41, 5.74) is 1.65. The molecule has 1 fully saturated rings. The molecule has 0 spiro atoms. The number of carbonyl (C=O) groups excluding carboxylic acids is 2. The fourth-order valence-corrected chi connectivity index (χ4v) is 3.17. The summed E-state index contributed by atoms with van der Waals surface area (Å²) < 4.78 is 0. The molecule has 2 aromatic rings. The molecule has 0 atom stereocenters. The summed E-state index contributed by atoms with van der Waals surface area (Å²) in [7, 11) is 0. The van der Waals surface area contributed by atoms with Crippen molar-refractivity contribution in [2.75, 3.05) is 0 Å². The van der Waals surface area contributed by atoms with Gasteiger partial charge in [0.25, 0.3) is 11.1 Å². The summed E-state index contributed by atoms with van der Waals surface area (Å²) in [6, 6.07) is 16.7. The molecule has 110 valence electrons. The summed E-state index contributed by atoms with van der Waals surface area (Å²) in [5.74, 6) is -0.279. The van der Waals surface area contributed by atoms with E-state index in [0.717, 1.165) is 22.9 Å². The molecule has 22 heavy (non-hydrogen) atoms. The van der Waals surface area contributed by atoms with Gasteiger partial charge in [0.15, 0.2) is 0 Å². The number of hydrogen-bond donors (Lipinski definition) is 0. The van der Waals surface area contributed by atoms with Gasteiger partial charge in [-0.1, -0.05) is 60.1 Å². The summed E-state index contributed by atoms with van der Waals surface area (Å²) in [4.78, 5) is 26.2. The predicted octanol–water partition coefficient (Wildman–Crippen LogP) is 4.58. The van der Waals surface area contributed by atoms with Crippen molar-refractivity contribution in [3.8, 4) is 0 Å². The minimum Gasteiger partial charge on any atom is -0.268 e. The van der Waals surface area contributed by atoms with Gasteiger partial charge in [0.2, 0.25) is 0 Å². The second-order valence-corrected chi connectivity index (χ2v) is 6.17. The van der Waals surface area contributed by atoms with Gasteiger partial charge >= 0.3 is 0 Å². The molecule has 1 aliphatic heterocycles. The molecule has 0 saturated carbocycles. The Bertz CT molecular complexity index is 758.